The number of carbonyl (C=O) groups is 2. The SMILES string of the molecule is Cc1ccc(OCCCC(=O)N2CCC(NC(=O)OCCCl)CC2)cc1. The van der Waals surface area contributed by atoms with Crippen LogP contribution in [0.4, 0.5) is 4.79 Å². The smallest absolute Gasteiger partial charge is 0.407 e. The van der Waals surface area contributed by atoms with Crippen molar-refractivity contribution in [3.63, 3.8) is 0 Å². The first-order chi connectivity index (χ1) is 12.6. The van der Waals surface area contributed by atoms with Crippen LogP contribution in [-0.2, 0) is 9.53 Å². The number of hydrogen-bond acceptors (Lipinski definition) is 4. The van der Waals surface area contributed by atoms with E-state index in [9.17, 15) is 9.59 Å². The first-order valence-corrected chi connectivity index (χ1v) is 9.58. The van der Waals surface area contributed by atoms with Gasteiger partial charge in [0, 0.05) is 25.6 Å². The topological polar surface area (TPSA) is 67.9 Å². The lowest BCUT2D eigenvalue weighted by Gasteiger charge is -2.32. The van der Waals surface area contributed by atoms with Crippen LogP contribution in [0.25, 0.3) is 0 Å². The Morgan fingerprint density at radius 2 is 1.88 bits per heavy atom. The Kier molecular flexibility index (Phi) is 8.54. The molecule has 6 nitrogen and oxygen atoms in total. The molecule has 0 spiro atoms. The fourth-order valence-electron chi connectivity index (χ4n) is 2.82. The van der Waals surface area contributed by atoms with Gasteiger partial charge in [-0.15, -0.1) is 11.6 Å². The van der Waals surface area contributed by atoms with E-state index in [-0.39, 0.29) is 24.4 Å². The van der Waals surface area contributed by atoms with Crippen LogP contribution in [0.2, 0.25) is 0 Å². The van der Waals surface area contributed by atoms with Gasteiger partial charge in [-0.05, 0) is 38.3 Å². The minimum absolute atomic E-state index is 0.0479. The summed E-state index contributed by atoms with van der Waals surface area (Å²) in [5.41, 5.74) is 1.19. The molecule has 1 aliphatic rings. The van der Waals surface area contributed by atoms with Gasteiger partial charge in [0.1, 0.15) is 12.4 Å². The van der Waals surface area contributed by atoms with Crippen LogP contribution < -0.4 is 10.1 Å². The van der Waals surface area contributed by atoms with Crippen LogP contribution in [0.5, 0.6) is 5.75 Å². The zero-order valence-electron chi connectivity index (χ0n) is 15.2. The Morgan fingerprint density at radius 1 is 1.19 bits per heavy atom. The molecule has 26 heavy (non-hydrogen) atoms. The number of alkyl halides is 1. The van der Waals surface area contributed by atoms with Gasteiger partial charge in [0.2, 0.25) is 5.91 Å². The third kappa shape index (κ3) is 7.12. The van der Waals surface area contributed by atoms with Crippen molar-refractivity contribution in [2.45, 2.75) is 38.6 Å². The molecule has 2 amide bonds. The first kappa shape index (κ1) is 20.4. The van der Waals surface area contributed by atoms with Crippen molar-refractivity contribution in [3.8, 4) is 5.75 Å². The van der Waals surface area contributed by atoms with Gasteiger partial charge in [-0.1, -0.05) is 17.7 Å². The number of ether oxygens (including phenoxy) is 2. The number of likely N-dealkylation sites (tertiary alicyclic amines) is 1. The molecule has 1 aliphatic heterocycles. The van der Waals surface area contributed by atoms with Crippen molar-refractivity contribution >= 4 is 23.6 Å². The Balaban J connectivity index is 1.59. The van der Waals surface area contributed by atoms with Crippen LogP contribution in [0.3, 0.4) is 0 Å². The Hall–Kier alpha value is -1.95. The van der Waals surface area contributed by atoms with Crippen molar-refractivity contribution in [3.05, 3.63) is 29.8 Å². The monoisotopic (exact) mass is 382 g/mol. The highest BCUT2D eigenvalue weighted by Crippen LogP contribution is 2.14. The lowest BCUT2D eigenvalue weighted by molar-refractivity contribution is -0.132. The van der Waals surface area contributed by atoms with Crippen molar-refractivity contribution < 1.29 is 19.1 Å². The molecule has 0 unspecified atom stereocenters. The number of hydrogen-bond donors (Lipinski definition) is 1. The fraction of sp³-hybridized carbons (Fsp3) is 0.579. The maximum absolute atomic E-state index is 12.3. The van der Waals surface area contributed by atoms with Crippen molar-refractivity contribution in [1.82, 2.24) is 10.2 Å². The normalized spacial score (nSPS) is 14.8. The Labute approximate surface area is 159 Å². The number of nitrogens with zero attached hydrogens (tertiary/aromatic N) is 1. The number of alkyl carbamates (subject to hydrolysis) is 1. The fourth-order valence-corrected chi connectivity index (χ4v) is 2.90. The van der Waals surface area contributed by atoms with E-state index in [1.807, 2.05) is 36.1 Å². The molecule has 0 atom stereocenters. The summed E-state index contributed by atoms with van der Waals surface area (Å²) >= 11 is 5.48. The molecule has 1 saturated heterocycles. The van der Waals surface area contributed by atoms with Crippen LogP contribution in [-0.4, -0.2) is 55.1 Å². The van der Waals surface area contributed by atoms with E-state index in [2.05, 4.69) is 5.32 Å². The number of aryl methyl sites for hydroxylation is 1. The highest BCUT2D eigenvalue weighted by molar-refractivity contribution is 6.18. The van der Waals surface area contributed by atoms with E-state index < -0.39 is 6.09 Å². The second kappa shape index (κ2) is 10.9. The molecule has 0 radical (unpaired) electrons. The summed E-state index contributed by atoms with van der Waals surface area (Å²) in [5, 5.41) is 2.81. The Bertz CT molecular complexity index is 571. The molecule has 0 aliphatic carbocycles. The third-order valence-electron chi connectivity index (χ3n) is 4.30. The molecule has 1 heterocycles. The predicted octanol–water partition coefficient (Wildman–Crippen LogP) is 3.11. The minimum atomic E-state index is -0.441. The maximum Gasteiger partial charge on any atom is 0.407 e. The number of halogens is 1. The van der Waals surface area contributed by atoms with Gasteiger partial charge in [-0.3, -0.25) is 4.79 Å². The standard InChI is InChI=1S/C19H27ClN2O4/c1-15-4-6-17(7-5-15)25-13-2-3-18(23)22-11-8-16(9-12-22)21-19(24)26-14-10-20/h4-7,16H,2-3,8-14H2,1H3,(H,21,24). The molecule has 1 fully saturated rings. The van der Waals surface area contributed by atoms with E-state index in [4.69, 9.17) is 21.1 Å². The Morgan fingerprint density at radius 3 is 2.54 bits per heavy atom. The number of amides is 2. The van der Waals surface area contributed by atoms with Gasteiger partial charge < -0.3 is 19.7 Å². The van der Waals surface area contributed by atoms with Gasteiger partial charge in [0.25, 0.3) is 0 Å². The predicted molar refractivity (Wildman–Crippen MR) is 101 cm³/mol. The van der Waals surface area contributed by atoms with Crippen LogP contribution in [0.1, 0.15) is 31.2 Å². The second-order valence-electron chi connectivity index (χ2n) is 6.39. The molecule has 7 heteroatoms. The van der Waals surface area contributed by atoms with Gasteiger partial charge in [-0.25, -0.2) is 4.79 Å². The van der Waals surface area contributed by atoms with Crippen molar-refractivity contribution in [2.75, 3.05) is 32.2 Å². The average molecular weight is 383 g/mol. The van der Waals surface area contributed by atoms with Crippen LogP contribution in [0, 0.1) is 6.92 Å². The summed E-state index contributed by atoms with van der Waals surface area (Å²) in [6.07, 6.45) is 2.20. The quantitative estimate of drug-likeness (QED) is 0.554. The highest BCUT2D eigenvalue weighted by atomic mass is 35.5. The summed E-state index contributed by atoms with van der Waals surface area (Å²) in [5.74, 6) is 1.25. The van der Waals surface area contributed by atoms with Crippen molar-refractivity contribution in [2.24, 2.45) is 0 Å². The first-order valence-electron chi connectivity index (χ1n) is 9.05. The van der Waals surface area contributed by atoms with E-state index in [0.717, 1.165) is 18.6 Å². The van der Waals surface area contributed by atoms with Crippen LogP contribution >= 0.6 is 11.6 Å². The van der Waals surface area contributed by atoms with Gasteiger partial charge >= 0.3 is 6.09 Å². The second-order valence-corrected chi connectivity index (χ2v) is 6.77. The summed E-state index contributed by atoms with van der Waals surface area (Å²) in [6.45, 7) is 4.06. The summed E-state index contributed by atoms with van der Waals surface area (Å²) < 4.78 is 10.6. The van der Waals surface area contributed by atoms with E-state index in [1.54, 1.807) is 0 Å². The molecule has 0 bridgehead atoms. The number of piperidine rings is 1. The van der Waals surface area contributed by atoms with Crippen LogP contribution in [0.15, 0.2) is 24.3 Å². The number of benzene rings is 1. The summed E-state index contributed by atoms with van der Waals surface area (Å²) in [6, 6.07) is 7.93. The van der Waals surface area contributed by atoms with E-state index in [0.29, 0.717) is 32.5 Å². The number of rotatable bonds is 8. The molecule has 1 N–H and O–H groups in total. The molecule has 1 aromatic carbocycles. The third-order valence-corrected chi connectivity index (χ3v) is 4.46. The summed E-state index contributed by atoms with van der Waals surface area (Å²) in [4.78, 5) is 25.6. The molecule has 144 valence electrons. The van der Waals surface area contributed by atoms with Crippen molar-refractivity contribution in [1.29, 1.82) is 0 Å². The molecule has 1 aromatic rings. The molecular weight excluding hydrogens is 356 g/mol. The zero-order valence-corrected chi connectivity index (χ0v) is 16.0. The molecule has 2 rings (SSSR count). The minimum Gasteiger partial charge on any atom is -0.494 e. The zero-order chi connectivity index (χ0) is 18.8. The lowest BCUT2D eigenvalue weighted by Crippen LogP contribution is -2.46. The maximum atomic E-state index is 12.3. The highest BCUT2D eigenvalue weighted by Gasteiger charge is 2.23. The number of carbonyl (C=O) groups excluding carboxylic acids is 2. The van der Waals surface area contributed by atoms with Gasteiger partial charge in [0.15, 0.2) is 0 Å². The number of nitrogens with one attached hydrogen (secondary N) is 1. The molecular formula is C19H27ClN2O4. The van der Waals surface area contributed by atoms with Gasteiger partial charge in [0.05, 0.1) is 12.5 Å². The lowest BCUT2D eigenvalue weighted by atomic mass is 10.0. The molecule has 0 aromatic heterocycles. The van der Waals surface area contributed by atoms with E-state index >= 15 is 0 Å². The molecule has 0 saturated carbocycles. The largest absolute Gasteiger partial charge is 0.494 e. The van der Waals surface area contributed by atoms with Gasteiger partial charge in [-0.2, -0.15) is 0 Å². The summed E-state index contributed by atoms with van der Waals surface area (Å²) in [7, 11) is 0. The average Bonchev–Trinajstić information content (AvgIpc) is 2.65. The van der Waals surface area contributed by atoms with E-state index in [1.165, 1.54) is 5.56 Å².